The molecule has 1 aliphatic heterocycles. The normalized spacial score (nSPS) is 14.7. The van der Waals surface area contributed by atoms with Gasteiger partial charge in [0, 0.05) is 27.2 Å². The third-order valence-corrected chi connectivity index (χ3v) is 6.73. The SMILES string of the molecule is O=C1/C(=C\c2cc(Br)ccc2OCc2ccc([N+](=O)[O-])cc2)SC(=S)N1c1ccc(Cl)cc1. The quantitative estimate of drug-likeness (QED) is 0.140. The first-order chi connectivity index (χ1) is 15.8. The van der Waals surface area contributed by atoms with Crippen LogP contribution in [0, 0.1) is 10.1 Å². The van der Waals surface area contributed by atoms with Gasteiger partial charge in [0.25, 0.3) is 11.6 Å². The highest BCUT2D eigenvalue weighted by atomic mass is 79.9. The smallest absolute Gasteiger partial charge is 0.270 e. The second-order valence-corrected chi connectivity index (χ2v) is 9.92. The van der Waals surface area contributed by atoms with Crippen molar-refractivity contribution in [1.82, 2.24) is 0 Å². The minimum atomic E-state index is -0.447. The van der Waals surface area contributed by atoms with Gasteiger partial charge in [0.05, 0.1) is 15.5 Å². The molecule has 0 N–H and O–H groups in total. The third-order valence-electron chi connectivity index (χ3n) is 4.68. The lowest BCUT2D eigenvalue weighted by molar-refractivity contribution is -0.384. The van der Waals surface area contributed by atoms with Crippen molar-refractivity contribution in [3.8, 4) is 5.75 Å². The molecular weight excluding hydrogens is 548 g/mol. The maximum atomic E-state index is 13.1. The summed E-state index contributed by atoms with van der Waals surface area (Å²) < 4.78 is 7.21. The van der Waals surface area contributed by atoms with Gasteiger partial charge in [-0.25, -0.2) is 0 Å². The number of nitro benzene ring substituents is 1. The fourth-order valence-corrected chi connectivity index (χ4v) is 4.85. The molecule has 1 aliphatic rings. The van der Waals surface area contributed by atoms with Gasteiger partial charge in [0.15, 0.2) is 4.32 Å². The van der Waals surface area contributed by atoms with Crippen molar-refractivity contribution in [3.63, 3.8) is 0 Å². The Kier molecular flexibility index (Phi) is 7.14. The molecule has 1 saturated heterocycles. The lowest BCUT2D eigenvalue weighted by Crippen LogP contribution is -2.27. The number of anilines is 1. The monoisotopic (exact) mass is 560 g/mol. The van der Waals surface area contributed by atoms with E-state index in [1.54, 1.807) is 48.5 Å². The van der Waals surface area contributed by atoms with E-state index in [0.717, 1.165) is 10.0 Å². The van der Waals surface area contributed by atoms with E-state index >= 15 is 0 Å². The molecular formula is C23H14BrClN2O4S2. The number of halogens is 2. The minimum Gasteiger partial charge on any atom is -0.488 e. The first kappa shape index (κ1) is 23.4. The first-order valence-electron chi connectivity index (χ1n) is 9.51. The maximum absolute atomic E-state index is 13.1. The van der Waals surface area contributed by atoms with Crippen LogP contribution in [0.25, 0.3) is 6.08 Å². The molecule has 3 aromatic carbocycles. The summed E-state index contributed by atoms with van der Waals surface area (Å²) in [6, 6.07) is 18.5. The summed E-state index contributed by atoms with van der Waals surface area (Å²) in [5, 5.41) is 11.4. The van der Waals surface area contributed by atoms with E-state index in [0.29, 0.717) is 31.2 Å². The molecule has 0 bridgehead atoms. The number of thiocarbonyl (C=S) groups is 1. The molecule has 0 atom stereocenters. The summed E-state index contributed by atoms with van der Waals surface area (Å²) >= 11 is 16.1. The van der Waals surface area contributed by atoms with Crippen LogP contribution in [0.4, 0.5) is 11.4 Å². The van der Waals surface area contributed by atoms with E-state index in [2.05, 4.69) is 15.9 Å². The molecule has 0 radical (unpaired) electrons. The number of thioether (sulfide) groups is 1. The summed E-state index contributed by atoms with van der Waals surface area (Å²) in [6.07, 6.45) is 1.74. The number of hydrogen-bond donors (Lipinski definition) is 0. The zero-order valence-corrected chi connectivity index (χ0v) is 20.7. The average Bonchev–Trinajstić information content (AvgIpc) is 3.07. The van der Waals surface area contributed by atoms with Crippen LogP contribution in [0.3, 0.4) is 0 Å². The number of hydrogen-bond acceptors (Lipinski definition) is 6. The summed E-state index contributed by atoms with van der Waals surface area (Å²) in [5.41, 5.74) is 2.14. The van der Waals surface area contributed by atoms with Gasteiger partial charge < -0.3 is 4.74 Å². The summed E-state index contributed by atoms with van der Waals surface area (Å²) in [5.74, 6) is 0.335. The molecule has 1 heterocycles. The van der Waals surface area contributed by atoms with Gasteiger partial charge in [-0.15, -0.1) is 0 Å². The number of carbonyl (C=O) groups is 1. The minimum absolute atomic E-state index is 0.0193. The van der Waals surface area contributed by atoms with Crippen molar-refractivity contribution >= 4 is 79.2 Å². The number of ether oxygens (including phenoxy) is 1. The van der Waals surface area contributed by atoms with Crippen molar-refractivity contribution in [1.29, 1.82) is 0 Å². The van der Waals surface area contributed by atoms with Crippen LogP contribution >= 0.6 is 51.5 Å². The molecule has 0 aliphatic carbocycles. The second kappa shape index (κ2) is 10.0. The van der Waals surface area contributed by atoms with Gasteiger partial charge in [0.1, 0.15) is 12.4 Å². The molecule has 0 unspecified atom stereocenters. The molecule has 1 fully saturated rings. The van der Waals surface area contributed by atoms with E-state index in [9.17, 15) is 14.9 Å². The highest BCUT2D eigenvalue weighted by molar-refractivity contribution is 9.10. The average molecular weight is 562 g/mol. The number of nitro groups is 1. The predicted octanol–water partition coefficient (Wildman–Crippen LogP) is 7.00. The number of non-ortho nitro benzene ring substituents is 1. The zero-order valence-electron chi connectivity index (χ0n) is 16.7. The van der Waals surface area contributed by atoms with Crippen LogP contribution < -0.4 is 9.64 Å². The summed E-state index contributed by atoms with van der Waals surface area (Å²) in [6.45, 7) is 0.214. The number of benzene rings is 3. The Hall–Kier alpha value is -2.72. The van der Waals surface area contributed by atoms with Gasteiger partial charge in [-0.05, 0) is 66.2 Å². The van der Waals surface area contributed by atoms with Crippen LogP contribution in [0.15, 0.2) is 76.1 Å². The van der Waals surface area contributed by atoms with Gasteiger partial charge in [-0.1, -0.05) is 51.5 Å². The standard InChI is InChI=1S/C23H14BrClN2O4S2/c24-16-3-10-20(31-13-14-1-6-19(7-2-14)27(29)30)15(11-16)12-21-22(28)26(23(32)33-21)18-8-4-17(25)5-9-18/h1-12H,13H2/b21-12+. The van der Waals surface area contributed by atoms with Gasteiger partial charge in [-0.3, -0.25) is 19.8 Å². The number of carbonyl (C=O) groups excluding carboxylic acids is 1. The molecule has 0 saturated carbocycles. The van der Waals surface area contributed by atoms with Crippen LogP contribution in [0.2, 0.25) is 5.02 Å². The van der Waals surface area contributed by atoms with Crippen molar-refractivity contribution in [3.05, 3.63) is 102 Å². The lowest BCUT2D eigenvalue weighted by Gasteiger charge is -2.14. The molecule has 166 valence electrons. The largest absolute Gasteiger partial charge is 0.488 e. The Morgan fingerprint density at radius 3 is 2.48 bits per heavy atom. The van der Waals surface area contributed by atoms with E-state index in [1.165, 1.54) is 28.8 Å². The number of rotatable bonds is 6. The molecule has 33 heavy (non-hydrogen) atoms. The summed E-state index contributed by atoms with van der Waals surface area (Å²) in [4.78, 5) is 25.4. The molecule has 0 spiro atoms. The Bertz CT molecular complexity index is 1280. The van der Waals surface area contributed by atoms with Crippen molar-refractivity contribution in [2.75, 3.05) is 4.90 Å². The maximum Gasteiger partial charge on any atom is 0.270 e. The predicted molar refractivity (Wildman–Crippen MR) is 139 cm³/mol. The molecule has 4 rings (SSSR count). The highest BCUT2D eigenvalue weighted by Gasteiger charge is 2.33. The van der Waals surface area contributed by atoms with Gasteiger partial charge >= 0.3 is 0 Å². The topological polar surface area (TPSA) is 72.7 Å². The number of nitrogens with zero attached hydrogens (tertiary/aromatic N) is 2. The number of amides is 1. The molecule has 6 nitrogen and oxygen atoms in total. The molecule has 0 aromatic heterocycles. The molecule has 1 amide bonds. The van der Waals surface area contributed by atoms with E-state index in [1.807, 2.05) is 12.1 Å². The lowest BCUT2D eigenvalue weighted by atomic mass is 10.1. The molecule has 10 heteroatoms. The van der Waals surface area contributed by atoms with Crippen LogP contribution in [0.5, 0.6) is 5.75 Å². The fourth-order valence-electron chi connectivity index (χ4n) is 3.06. The third kappa shape index (κ3) is 5.44. The Labute approximate surface area is 212 Å². The summed E-state index contributed by atoms with van der Waals surface area (Å²) in [7, 11) is 0. The zero-order chi connectivity index (χ0) is 23.5. The Morgan fingerprint density at radius 2 is 1.82 bits per heavy atom. The van der Waals surface area contributed by atoms with E-state index in [-0.39, 0.29) is 18.2 Å². The van der Waals surface area contributed by atoms with Crippen LogP contribution in [-0.2, 0) is 11.4 Å². The van der Waals surface area contributed by atoms with Crippen molar-refractivity contribution < 1.29 is 14.5 Å². The highest BCUT2D eigenvalue weighted by Crippen LogP contribution is 2.38. The van der Waals surface area contributed by atoms with Crippen LogP contribution in [-0.4, -0.2) is 15.2 Å². The van der Waals surface area contributed by atoms with E-state index in [4.69, 9.17) is 28.6 Å². The van der Waals surface area contributed by atoms with Crippen molar-refractivity contribution in [2.45, 2.75) is 6.61 Å². The Balaban J connectivity index is 1.57. The van der Waals surface area contributed by atoms with Crippen LogP contribution in [0.1, 0.15) is 11.1 Å². The molecule has 3 aromatic rings. The first-order valence-corrected chi connectivity index (χ1v) is 11.9. The fraction of sp³-hybridized carbons (Fsp3) is 0.0435. The van der Waals surface area contributed by atoms with Gasteiger partial charge in [0.2, 0.25) is 0 Å². The second-order valence-electron chi connectivity index (χ2n) is 6.89. The van der Waals surface area contributed by atoms with E-state index < -0.39 is 4.92 Å². The van der Waals surface area contributed by atoms with Gasteiger partial charge in [-0.2, -0.15) is 0 Å². The Morgan fingerprint density at radius 1 is 1.12 bits per heavy atom. The van der Waals surface area contributed by atoms with Crippen molar-refractivity contribution in [2.24, 2.45) is 0 Å².